The Morgan fingerprint density at radius 2 is 0.824 bits per heavy atom. The molecule has 12 aromatic rings. The Kier molecular flexibility index (Phi) is 32.2. The minimum atomic E-state index is -5.35. The molecule has 32 nitrogen and oxygen atoms in total. The first-order valence-corrected chi connectivity index (χ1v) is 36.1. The number of halogens is 5. The van der Waals surface area contributed by atoms with Gasteiger partial charge in [0.15, 0.2) is 5.75 Å². The molecule has 0 aliphatic heterocycles. The van der Waals surface area contributed by atoms with Crippen molar-refractivity contribution in [3.05, 3.63) is 270 Å². The van der Waals surface area contributed by atoms with Crippen LogP contribution in [0.15, 0.2) is 246 Å². The van der Waals surface area contributed by atoms with Crippen molar-refractivity contribution in [3.63, 3.8) is 0 Å². The molecular formula is C64H41Cl5N14Na3O18S4-. The number of aromatic hydroxyl groups is 2. The summed E-state index contributed by atoms with van der Waals surface area (Å²) in [5.74, 6) is -2.14. The van der Waals surface area contributed by atoms with E-state index in [4.69, 9.17) is 62.2 Å². The van der Waals surface area contributed by atoms with Gasteiger partial charge in [0.25, 0.3) is 21.5 Å². The van der Waals surface area contributed by atoms with Crippen LogP contribution in [0.5, 0.6) is 11.5 Å². The van der Waals surface area contributed by atoms with E-state index in [1.807, 2.05) is 30.3 Å². The molecule has 0 saturated carbocycles. The average molecular weight is 1670 g/mol. The minimum absolute atomic E-state index is 0. The van der Waals surface area contributed by atoms with Crippen molar-refractivity contribution < 1.29 is 161 Å². The fraction of sp³-hybridized carbons (Fsp3) is 0.0312. The number of alkyl halides is 1. The second-order valence-electron chi connectivity index (χ2n) is 20.9. The third-order valence-electron chi connectivity index (χ3n) is 14.2. The monoisotopic (exact) mass is 1660 g/mol. The number of aromatic nitrogens is 6. The van der Waals surface area contributed by atoms with Gasteiger partial charge in [0.2, 0.25) is 33.0 Å². The first-order valence-electron chi connectivity index (χ1n) is 28.9. The maximum Gasteiger partial charge on any atom is 1.00 e. The van der Waals surface area contributed by atoms with Gasteiger partial charge in [-0.2, -0.15) is 48.6 Å². The summed E-state index contributed by atoms with van der Waals surface area (Å²) >= 11 is 29.6. The SMILES string of the molecule is O=[N+]([O-])c1ccccc1C(Cl)c1ccccc1.O=[N+]([O-])c1ccccc1C(OS(=O)(=O)c1cc2cc(S(=O)(=O)[O-])c(N=Nc3ccccc3)c(O)c2cc1Nc1nc(Cl)nc(Cl)n1)c1ccccc1.O=[S-](=O)c1cc2cc(S(=O)(=O)[O-])c(Nc3nc(Cl)nc(Cl)n3)cc2c(O)c1N=Nc1ccccc1.[Na+].[Na+].[Na+].[OH-]. The molecule has 0 aliphatic carbocycles. The smallest absolute Gasteiger partial charge is 0.870 e. The van der Waals surface area contributed by atoms with Crippen molar-refractivity contribution in [2.45, 2.75) is 31.1 Å². The number of nitrogens with one attached hydrogen (secondary N) is 2. The zero-order valence-electron chi connectivity index (χ0n) is 55.1. The molecule has 12 rings (SSSR count). The molecule has 44 heteroatoms. The van der Waals surface area contributed by atoms with Gasteiger partial charge >= 0.3 is 88.7 Å². The van der Waals surface area contributed by atoms with E-state index in [1.54, 1.807) is 84.9 Å². The van der Waals surface area contributed by atoms with E-state index >= 15 is 0 Å². The summed E-state index contributed by atoms with van der Waals surface area (Å²) < 4.78 is 131. The number of hydrogen-bond donors (Lipinski definition) is 4. The standard InChI is InChI=1S/C32H21Cl2N7O9S2.C19H11Cl2N6O6S2.C13H10ClNO2.3Na.H2O/c33-30-36-31(34)38-32(37-30)35-23-17-22-19(16-26(51(45,46)47)27(28(22)42)40-39-20-11-5-2-6-12-20)15-25(23)52(48,49)50-29(18-9-3-1-4-10-18)21-13-7-8-14-24(21)41(43)44;20-17-23-18(21)25-19(24-17)22-12-8-11-9(7-14(12)35(31,32)33)6-13(34(29)30)15(16(11)28)27-26-10-4-2-1-3-5-10;14-13(10-6-2-1-3-7-10)11-8-4-5-9-12(11)15(16)17;;;;/h1-17,29,42H,(H,45,46,47)(H,35,36,37,38);1-8,28H,(H,31,32,33)(H,22,23,24,25);1-9,13H;;;;1H2/q;-1;;3*+1;/p-3. The van der Waals surface area contributed by atoms with Crippen LogP contribution >= 0.6 is 58.0 Å². The minimum Gasteiger partial charge on any atom is -0.870 e. The predicted molar refractivity (Wildman–Crippen MR) is 380 cm³/mol. The van der Waals surface area contributed by atoms with Crippen LogP contribution < -0.4 is 99.3 Å². The maximum atomic E-state index is 14.3. The first kappa shape index (κ1) is 88.9. The number of hydrogen-bond acceptors (Lipinski definition) is 31. The molecule has 10 aromatic carbocycles. The van der Waals surface area contributed by atoms with Crippen molar-refractivity contribution in [1.82, 2.24) is 29.9 Å². The van der Waals surface area contributed by atoms with Crippen LogP contribution in [-0.4, -0.2) is 89.8 Å². The predicted octanol–water partition coefficient (Wildman–Crippen LogP) is 7.03. The number of anilines is 4. The van der Waals surface area contributed by atoms with Gasteiger partial charge in [-0.05, 0) is 145 Å². The summed E-state index contributed by atoms with van der Waals surface area (Å²) in [7, 11) is -18.4. The molecule has 0 saturated heterocycles. The van der Waals surface area contributed by atoms with Gasteiger partial charge in [0.1, 0.15) is 48.4 Å². The van der Waals surface area contributed by atoms with Crippen molar-refractivity contribution in [2.75, 3.05) is 10.6 Å². The van der Waals surface area contributed by atoms with Crippen LogP contribution in [0.4, 0.5) is 57.4 Å². The Labute approximate surface area is 704 Å². The molecule has 5 N–H and O–H groups in total. The summed E-state index contributed by atoms with van der Waals surface area (Å²) in [4.78, 5) is 41.3. The molecule has 2 atom stereocenters. The Bertz CT molecular complexity index is 5800. The number of phenols is 2. The topological polar surface area (TPSA) is 499 Å². The van der Waals surface area contributed by atoms with E-state index in [1.165, 1.54) is 54.6 Å². The number of nitro benzene ring substituents is 2. The number of para-hydroxylation sites is 2. The number of nitro groups is 2. The Hall–Kier alpha value is -7.97. The summed E-state index contributed by atoms with van der Waals surface area (Å²) in [5, 5.41) is 63.3. The Balaban J connectivity index is 0.000000280. The normalized spacial score (nSPS) is 11.9. The molecule has 0 amide bonds. The van der Waals surface area contributed by atoms with Crippen LogP contribution in [0.2, 0.25) is 21.1 Å². The van der Waals surface area contributed by atoms with Crippen LogP contribution in [0.1, 0.15) is 33.7 Å². The quantitative estimate of drug-likeness (QED) is 0.00869. The van der Waals surface area contributed by atoms with Gasteiger partial charge in [-0.1, -0.05) is 133 Å². The zero-order valence-corrected chi connectivity index (χ0v) is 68.2. The van der Waals surface area contributed by atoms with E-state index in [0.29, 0.717) is 11.3 Å². The molecule has 2 aromatic heterocycles. The molecule has 0 fully saturated rings. The fourth-order valence-electron chi connectivity index (χ4n) is 9.72. The molecular weight excluding hydrogens is 1630 g/mol. The van der Waals surface area contributed by atoms with E-state index in [2.05, 4.69) is 61.0 Å². The maximum absolute atomic E-state index is 14.3. The van der Waals surface area contributed by atoms with Gasteiger partial charge in [0.05, 0.1) is 58.9 Å². The number of fused-ring (bicyclic) bond motifs is 2. The summed E-state index contributed by atoms with van der Waals surface area (Å²) in [5.41, 5.74) is -0.115. The zero-order chi connectivity index (χ0) is 74.8. The number of benzene rings is 10. The average Bonchev–Trinajstić information content (AvgIpc) is 0.721. The van der Waals surface area contributed by atoms with Gasteiger partial charge < -0.3 is 43.8 Å². The number of rotatable bonds is 20. The molecule has 2 unspecified atom stereocenters. The molecule has 2 heterocycles. The molecule has 538 valence electrons. The number of nitrogens with zero attached hydrogens (tertiary/aromatic N) is 12. The third-order valence-corrected chi connectivity index (χ3v) is 19.1. The molecule has 0 radical (unpaired) electrons. The third kappa shape index (κ3) is 22.4. The number of azo groups is 2. The van der Waals surface area contributed by atoms with Gasteiger partial charge in [-0.15, -0.1) is 21.8 Å². The Morgan fingerprint density at radius 1 is 0.463 bits per heavy atom. The van der Waals surface area contributed by atoms with Crippen LogP contribution in [0.25, 0.3) is 21.5 Å². The van der Waals surface area contributed by atoms with Gasteiger partial charge in [-0.3, -0.25) is 24.4 Å². The van der Waals surface area contributed by atoms with Crippen molar-refractivity contribution in [2.24, 2.45) is 20.5 Å². The largest absolute Gasteiger partial charge is 1.00 e. The van der Waals surface area contributed by atoms with Crippen LogP contribution in [0.3, 0.4) is 0 Å². The van der Waals surface area contributed by atoms with E-state index in [0.717, 1.165) is 42.0 Å². The van der Waals surface area contributed by atoms with Gasteiger partial charge in [-0.25, -0.2) is 16.8 Å². The Morgan fingerprint density at radius 3 is 1.27 bits per heavy atom. The number of phenolic OH excluding ortho intramolecular Hbond substituents is 2. The van der Waals surface area contributed by atoms with Crippen molar-refractivity contribution in [3.8, 4) is 11.5 Å². The van der Waals surface area contributed by atoms with Crippen LogP contribution in [0, 0.1) is 20.2 Å². The van der Waals surface area contributed by atoms with Crippen molar-refractivity contribution >= 4 is 178 Å². The summed E-state index contributed by atoms with van der Waals surface area (Å²) in [6, 6.07) is 51.2. The fourth-order valence-corrected chi connectivity index (χ4v) is 13.8. The summed E-state index contributed by atoms with van der Waals surface area (Å²) in [6.07, 6.45) is -1.58. The second kappa shape index (κ2) is 39.1. The summed E-state index contributed by atoms with van der Waals surface area (Å²) in [6.45, 7) is 0. The van der Waals surface area contributed by atoms with E-state index in [-0.39, 0.29) is 183 Å². The first-order chi connectivity index (χ1) is 49.4. The molecule has 0 aliphatic rings. The van der Waals surface area contributed by atoms with Crippen LogP contribution in [-0.2, 0) is 53.7 Å². The molecule has 0 bridgehead atoms. The van der Waals surface area contributed by atoms with Crippen molar-refractivity contribution in [1.29, 1.82) is 0 Å². The van der Waals surface area contributed by atoms with E-state index in [9.17, 15) is 73.2 Å². The molecule has 108 heavy (non-hydrogen) atoms. The van der Waals surface area contributed by atoms with E-state index < -0.39 is 111 Å². The molecule has 0 spiro atoms. The van der Waals surface area contributed by atoms with Gasteiger partial charge in [0, 0.05) is 22.9 Å². The second-order valence-corrected chi connectivity index (χ2v) is 27.8.